The highest BCUT2D eigenvalue weighted by molar-refractivity contribution is 5.81. The Morgan fingerprint density at radius 2 is 1.68 bits per heavy atom. The van der Waals surface area contributed by atoms with Crippen LogP contribution in [0.15, 0.2) is 0 Å². The van der Waals surface area contributed by atoms with Crippen LogP contribution < -0.4 is 0 Å². The van der Waals surface area contributed by atoms with Gasteiger partial charge in [0, 0.05) is 24.6 Å². The molecule has 1 fully saturated rings. The molecular weight excluding hydrogens is 238 g/mol. The number of carbonyl (C=O) groups excluding carboxylic acids is 1. The van der Waals surface area contributed by atoms with Crippen molar-refractivity contribution in [2.45, 2.75) is 78.2 Å². The number of amides is 1. The fourth-order valence-corrected chi connectivity index (χ4v) is 2.84. The van der Waals surface area contributed by atoms with E-state index in [1.165, 1.54) is 25.7 Å². The molecule has 1 rings (SSSR count). The van der Waals surface area contributed by atoms with Gasteiger partial charge in [-0.25, -0.2) is 0 Å². The van der Waals surface area contributed by atoms with E-state index < -0.39 is 0 Å². The van der Waals surface area contributed by atoms with Crippen LogP contribution in [0.5, 0.6) is 0 Å². The number of hydrogen-bond donors (Lipinski definition) is 1. The SMILES string of the molecule is CC(C)(C)C(=O)N(CCCCCCO)C1CCCC1. The van der Waals surface area contributed by atoms with Gasteiger partial charge >= 0.3 is 0 Å². The first-order valence-corrected chi connectivity index (χ1v) is 7.88. The summed E-state index contributed by atoms with van der Waals surface area (Å²) in [6.45, 7) is 7.23. The van der Waals surface area contributed by atoms with Gasteiger partial charge in [0.2, 0.25) is 5.91 Å². The van der Waals surface area contributed by atoms with Gasteiger partial charge in [-0.3, -0.25) is 4.79 Å². The highest BCUT2D eigenvalue weighted by atomic mass is 16.2. The first kappa shape index (κ1) is 16.5. The smallest absolute Gasteiger partial charge is 0.228 e. The van der Waals surface area contributed by atoms with Gasteiger partial charge in [-0.15, -0.1) is 0 Å². The summed E-state index contributed by atoms with van der Waals surface area (Å²) >= 11 is 0. The van der Waals surface area contributed by atoms with E-state index in [4.69, 9.17) is 5.11 Å². The normalized spacial score (nSPS) is 16.8. The third-order valence-electron chi connectivity index (χ3n) is 3.98. The average Bonchev–Trinajstić information content (AvgIpc) is 2.85. The van der Waals surface area contributed by atoms with E-state index in [2.05, 4.69) is 4.90 Å². The Labute approximate surface area is 118 Å². The van der Waals surface area contributed by atoms with Gasteiger partial charge < -0.3 is 10.0 Å². The summed E-state index contributed by atoms with van der Waals surface area (Å²) in [5, 5.41) is 8.78. The van der Waals surface area contributed by atoms with Crippen LogP contribution in [-0.2, 0) is 4.79 Å². The lowest BCUT2D eigenvalue weighted by Gasteiger charge is -2.34. The molecule has 0 aromatic heterocycles. The lowest BCUT2D eigenvalue weighted by Crippen LogP contribution is -2.45. The third kappa shape index (κ3) is 5.52. The zero-order valence-electron chi connectivity index (χ0n) is 13.0. The maximum Gasteiger partial charge on any atom is 0.228 e. The van der Waals surface area contributed by atoms with Gasteiger partial charge in [0.1, 0.15) is 0 Å². The lowest BCUT2D eigenvalue weighted by atomic mass is 9.93. The first-order valence-electron chi connectivity index (χ1n) is 7.88. The van der Waals surface area contributed by atoms with E-state index in [1.807, 2.05) is 20.8 Å². The minimum absolute atomic E-state index is 0.270. The van der Waals surface area contributed by atoms with Crippen molar-refractivity contribution < 1.29 is 9.90 Å². The highest BCUT2D eigenvalue weighted by Gasteiger charge is 2.32. The van der Waals surface area contributed by atoms with Gasteiger partial charge in [0.25, 0.3) is 0 Å². The Morgan fingerprint density at radius 1 is 1.11 bits per heavy atom. The molecule has 0 atom stereocenters. The van der Waals surface area contributed by atoms with E-state index in [0.717, 1.165) is 32.2 Å². The summed E-state index contributed by atoms with van der Waals surface area (Å²) < 4.78 is 0. The van der Waals surface area contributed by atoms with Gasteiger partial charge in [-0.2, -0.15) is 0 Å². The number of unbranched alkanes of at least 4 members (excludes halogenated alkanes) is 3. The van der Waals surface area contributed by atoms with Crippen molar-refractivity contribution in [3.63, 3.8) is 0 Å². The zero-order chi connectivity index (χ0) is 14.3. The Morgan fingerprint density at radius 3 is 2.21 bits per heavy atom. The minimum atomic E-state index is -0.270. The second-order valence-electron chi connectivity index (χ2n) is 6.82. The van der Waals surface area contributed by atoms with E-state index >= 15 is 0 Å². The molecule has 19 heavy (non-hydrogen) atoms. The van der Waals surface area contributed by atoms with Gasteiger partial charge in [-0.1, -0.05) is 46.5 Å². The minimum Gasteiger partial charge on any atom is -0.396 e. The summed E-state index contributed by atoms with van der Waals surface area (Å²) in [7, 11) is 0. The number of rotatable bonds is 7. The molecule has 0 bridgehead atoms. The van der Waals surface area contributed by atoms with Crippen molar-refractivity contribution in [2.75, 3.05) is 13.2 Å². The molecule has 0 aromatic carbocycles. The van der Waals surface area contributed by atoms with Crippen LogP contribution in [0.2, 0.25) is 0 Å². The zero-order valence-corrected chi connectivity index (χ0v) is 13.0. The summed E-state index contributed by atoms with van der Waals surface area (Å²) in [5.74, 6) is 0.307. The molecule has 0 radical (unpaired) electrons. The van der Waals surface area contributed by atoms with E-state index in [1.54, 1.807) is 0 Å². The average molecular weight is 269 g/mol. The van der Waals surface area contributed by atoms with Gasteiger partial charge in [-0.05, 0) is 25.7 Å². The van der Waals surface area contributed by atoms with Crippen LogP contribution in [0.3, 0.4) is 0 Å². The van der Waals surface area contributed by atoms with Crippen LogP contribution in [0.1, 0.15) is 72.1 Å². The fraction of sp³-hybridized carbons (Fsp3) is 0.938. The number of hydrogen-bond acceptors (Lipinski definition) is 2. The van der Waals surface area contributed by atoms with Crippen molar-refractivity contribution in [3.05, 3.63) is 0 Å². The Balaban J connectivity index is 2.47. The maximum absolute atomic E-state index is 12.6. The molecule has 1 saturated carbocycles. The molecular formula is C16H31NO2. The summed E-state index contributed by atoms with van der Waals surface area (Å²) in [5.41, 5.74) is -0.270. The molecule has 1 aliphatic carbocycles. The Kier molecular flexibility index (Phi) is 6.84. The predicted molar refractivity (Wildman–Crippen MR) is 79.0 cm³/mol. The quantitative estimate of drug-likeness (QED) is 0.720. The molecule has 1 aliphatic rings. The van der Waals surface area contributed by atoms with Crippen LogP contribution in [0.4, 0.5) is 0 Å². The van der Waals surface area contributed by atoms with Gasteiger partial charge in [0.15, 0.2) is 0 Å². The van der Waals surface area contributed by atoms with Crippen molar-refractivity contribution in [1.29, 1.82) is 0 Å². The van der Waals surface area contributed by atoms with Crippen LogP contribution in [0, 0.1) is 5.41 Å². The topological polar surface area (TPSA) is 40.5 Å². The standard InChI is InChI=1S/C16H31NO2/c1-16(2,3)15(19)17(14-10-6-7-11-14)12-8-4-5-9-13-18/h14,18H,4-13H2,1-3H3. The molecule has 0 unspecified atom stereocenters. The Bertz CT molecular complexity index is 264. The van der Waals surface area contributed by atoms with E-state index in [9.17, 15) is 4.79 Å². The van der Waals surface area contributed by atoms with Crippen LogP contribution in [-0.4, -0.2) is 35.1 Å². The van der Waals surface area contributed by atoms with Gasteiger partial charge in [0.05, 0.1) is 0 Å². The molecule has 0 saturated heterocycles. The monoisotopic (exact) mass is 269 g/mol. The molecule has 1 amide bonds. The second-order valence-corrected chi connectivity index (χ2v) is 6.82. The Hall–Kier alpha value is -0.570. The molecule has 0 spiro atoms. The molecule has 112 valence electrons. The second kappa shape index (κ2) is 7.88. The number of carbonyl (C=O) groups is 1. The highest BCUT2D eigenvalue weighted by Crippen LogP contribution is 2.28. The number of aliphatic hydroxyl groups is 1. The van der Waals surface area contributed by atoms with E-state index in [-0.39, 0.29) is 12.0 Å². The van der Waals surface area contributed by atoms with Crippen molar-refractivity contribution >= 4 is 5.91 Å². The maximum atomic E-state index is 12.6. The van der Waals surface area contributed by atoms with Crippen LogP contribution in [0.25, 0.3) is 0 Å². The van der Waals surface area contributed by atoms with Crippen molar-refractivity contribution in [2.24, 2.45) is 5.41 Å². The first-order chi connectivity index (χ1) is 8.96. The fourth-order valence-electron chi connectivity index (χ4n) is 2.84. The summed E-state index contributed by atoms with van der Waals surface area (Å²) in [6, 6.07) is 0.476. The summed E-state index contributed by atoms with van der Waals surface area (Å²) in [6.07, 6.45) is 9.03. The number of aliphatic hydroxyl groups excluding tert-OH is 1. The number of nitrogens with zero attached hydrogens (tertiary/aromatic N) is 1. The third-order valence-corrected chi connectivity index (χ3v) is 3.98. The molecule has 3 nitrogen and oxygen atoms in total. The van der Waals surface area contributed by atoms with Crippen LogP contribution >= 0.6 is 0 Å². The predicted octanol–water partition coefficient (Wildman–Crippen LogP) is 3.36. The van der Waals surface area contributed by atoms with E-state index in [0.29, 0.717) is 11.9 Å². The molecule has 0 aliphatic heterocycles. The molecule has 0 aromatic rings. The van der Waals surface area contributed by atoms with Crippen molar-refractivity contribution in [3.8, 4) is 0 Å². The largest absolute Gasteiger partial charge is 0.396 e. The van der Waals surface area contributed by atoms with Crippen molar-refractivity contribution in [1.82, 2.24) is 4.90 Å². The molecule has 0 heterocycles. The molecule has 1 N–H and O–H groups in total. The summed E-state index contributed by atoms with van der Waals surface area (Å²) in [4.78, 5) is 14.7. The molecule has 3 heteroatoms. The lowest BCUT2D eigenvalue weighted by molar-refractivity contribution is -0.142.